The lowest BCUT2D eigenvalue weighted by molar-refractivity contribution is -0.137. The van der Waals surface area contributed by atoms with Crippen molar-refractivity contribution in [3.8, 4) is 6.07 Å². The topological polar surface area (TPSA) is 35.8 Å². The molecular formula is C15H11F3N2. The highest BCUT2D eigenvalue weighted by Gasteiger charge is 2.30. The van der Waals surface area contributed by atoms with E-state index in [9.17, 15) is 13.2 Å². The van der Waals surface area contributed by atoms with Gasteiger partial charge in [0.05, 0.1) is 16.8 Å². The van der Waals surface area contributed by atoms with Gasteiger partial charge in [-0.2, -0.15) is 18.4 Å². The highest BCUT2D eigenvalue weighted by Crippen LogP contribution is 2.31. The maximum Gasteiger partial charge on any atom is 0.416 e. The van der Waals surface area contributed by atoms with Crippen molar-refractivity contribution in [2.75, 3.05) is 5.32 Å². The van der Waals surface area contributed by atoms with Gasteiger partial charge in [-0.25, -0.2) is 0 Å². The molecule has 0 aliphatic rings. The Morgan fingerprint density at radius 1 is 1.10 bits per heavy atom. The van der Waals surface area contributed by atoms with Gasteiger partial charge in [0.25, 0.3) is 0 Å². The molecule has 2 nitrogen and oxygen atoms in total. The Balaban J connectivity index is 2.36. The van der Waals surface area contributed by atoms with Crippen LogP contribution in [-0.2, 0) is 6.18 Å². The molecule has 0 spiro atoms. The van der Waals surface area contributed by atoms with Gasteiger partial charge in [-0.1, -0.05) is 12.1 Å². The van der Waals surface area contributed by atoms with Crippen molar-refractivity contribution in [1.29, 1.82) is 5.26 Å². The Kier molecular flexibility index (Phi) is 3.66. The second-order valence-corrected chi connectivity index (χ2v) is 4.36. The van der Waals surface area contributed by atoms with Crippen LogP contribution in [0.15, 0.2) is 42.5 Å². The number of nitrogens with zero attached hydrogens (tertiary/aromatic N) is 1. The summed E-state index contributed by atoms with van der Waals surface area (Å²) in [5.74, 6) is 0. The van der Waals surface area contributed by atoms with Gasteiger partial charge in [0, 0.05) is 5.69 Å². The van der Waals surface area contributed by atoms with Gasteiger partial charge in [-0.05, 0) is 42.8 Å². The number of aryl methyl sites for hydroxylation is 1. The second kappa shape index (κ2) is 5.25. The summed E-state index contributed by atoms with van der Waals surface area (Å²) >= 11 is 0. The standard InChI is InChI=1S/C15H11F3N2/c1-10-5-6-11(9-19)14(7-10)20-13-4-2-3-12(8-13)15(16,17)18/h2-8,20H,1H3. The first-order valence-electron chi connectivity index (χ1n) is 5.85. The minimum absolute atomic E-state index is 0.293. The summed E-state index contributed by atoms with van der Waals surface area (Å²) in [7, 11) is 0. The molecule has 102 valence electrons. The Labute approximate surface area is 114 Å². The Morgan fingerprint density at radius 2 is 1.85 bits per heavy atom. The van der Waals surface area contributed by atoms with E-state index in [4.69, 9.17) is 5.26 Å². The van der Waals surface area contributed by atoms with Gasteiger partial charge in [-0.3, -0.25) is 0 Å². The number of nitrogens with one attached hydrogen (secondary N) is 1. The fourth-order valence-corrected chi connectivity index (χ4v) is 1.79. The first-order valence-corrected chi connectivity index (χ1v) is 5.85. The number of rotatable bonds is 2. The Hall–Kier alpha value is -2.48. The highest BCUT2D eigenvalue weighted by molar-refractivity contribution is 5.67. The second-order valence-electron chi connectivity index (χ2n) is 4.36. The molecule has 5 heteroatoms. The van der Waals surface area contributed by atoms with E-state index in [1.807, 2.05) is 13.0 Å². The summed E-state index contributed by atoms with van der Waals surface area (Å²) in [6.07, 6.45) is -4.39. The first-order chi connectivity index (χ1) is 9.40. The molecule has 20 heavy (non-hydrogen) atoms. The van der Waals surface area contributed by atoms with Gasteiger partial charge in [0.1, 0.15) is 6.07 Å². The van der Waals surface area contributed by atoms with Crippen molar-refractivity contribution in [3.05, 3.63) is 59.2 Å². The van der Waals surface area contributed by atoms with Gasteiger partial charge in [0.2, 0.25) is 0 Å². The summed E-state index contributed by atoms with van der Waals surface area (Å²) in [6, 6.07) is 12.0. The predicted octanol–water partition coefficient (Wildman–Crippen LogP) is 4.63. The maximum absolute atomic E-state index is 12.6. The monoisotopic (exact) mass is 276 g/mol. The van der Waals surface area contributed by atoms with Crippen LogP contribution >= 0.6 is 0 Å². The Morgan fingerprint density at radius 3 is 2.50 bits per heavy atom. The van der Waals surface area contributed by atoms with Crippen LogP contribution in [0.4, 0.5) is 24.5 Å². The van der Waals surface area contributed by atoms with E-state index in [1.54, 1.807) is 18.2 Å². The largest absolute Gasteiger partial charge is 0.416 e. The van der Waals surface area contributed by atoms with Crippen molar-refractivity contribution < 1.29 is 13.2 Å². The van der Waals surface area contributed by atoms with Crippen LogP contribution in [0, 0.1) is 18.3 Å². The van der Waals surface area contributed by atoms with Crippen LogP contribution in [-0.4, -0.2) is 0 Å². The molecule has 0 heterocycles. The zero-order valence-corrected chi connectivity index (χ0v) is 10.6. The summed E-state index contributed by atoms with van der Waals surface area (Å²) in [6.45, 7) is 1.85. The summed E-state index contributed by atoms with van der Waals surface area (Å²) in [5, 5.41) is 11.9. The number of nitriles is 1. The van der Waals surface area contributed by atoms with Crippen molar-refractivity contribution in [1.82, 2.24) is 0 Å². The zero-order valence-electron chi connectivity index (χ0n) is 10.6. The van der Waals surface area contributed by atoms with Crippen molar-refractivity contribution >= 4 is 11.4 Å². The normalized spacial score (nSPS) is 10.9. The lowest BCUT2D eigenvalue weighted by atomic mass is 10.1. The number of halogens is 3. The Bertz CT molecular complexity index is 670. The van der Waals surface area contributed by atoms with Gasteiger partial charge >= 0.3 is 6.18 Å². The minimum atomic E-state index is -4.39. The molecule has 0 amide bonds. The molecule has 0 bridgehead atoms. The smallest absolute Gasteiger partial charge is 0.354 e. The molecule has 0 fully saturated rings. The fourth-order valence-electron chi connectivity index (χ4n) is 1.79. The summed E-state index contributed by atoms with van der Waals surface area (Å²) < 4.78 is 37.9. The number of anilines is 2. The van der Waals surface area contributed by atoms with Crippen LogP contribution < -0.4 is 5.32 Å². The van der Waals surface area contributed by atoms with E-state index in [0.29, 0.717) is 16.9 Å². The number of hydrogen-bond donors (Lipinski definition) is 1. The molecule has 1 N–H and O–H groups in total. The molecule has 0 aliphatic heterocycles. The molecule has 2 aromatic carbocycles. The zero-order chi connectivity index (χ0) is 14.8. The van der Waals surface area contributed by atoms with Crippen molar-refractivity contribution in [2.24, 2.45) is 0 Å². The third kappa shape index (κ3) is 3.09. The van der Waals surface area contributed by atoms with Crippen LogP contribution in [0.2, 0.25) is 0 Å². The number of benzene rings is 2. The van der Waals surface area contributed by atoms with Gasteiger partial charge < -0.3 is 5.32 Å². The quantitative estimate of drug-likeness (QED) is 0.868. The van der Waals surface area contributed by atoms with E-state index >= 15 is 0 Å². The molecule has 0 saturated carbocycles. The molecular weight excluding hydrogens is 265 g/mol. The number of alkyl halides is 3. The van der Waals surface area contributed by atoms with Crippen LogP contribution in [0.1, 0.15) is 16.7 Å². The molecule has 2 rings (SSSR count). The molecule has 0 atom stereocenters. The summed E-state index contributed by atoms with van der Waals surface area (Å²) in [5.41, 5.74) is 1.36. The van der Waals surface area contributed by atoms with Crippen LogP contribution in [0.5, 0.6) is 0 Å². The van der Waals surface area contributed by atoms with E-state index in [-0.39, 0.29) is 0 Å². The fraction of sp³-hybridized carbons (Fsp3) is 0.133. The lowest BCUT2D eigenvalue weighted by Gasteiger charge is -2.12. The van der Waals surface area contributed by atoms with Crippen molar-refractivity contribution in [3.63, 3.8) is 0 Å². The maximum atomic E-state index is 12.6. The van der Waals surface area contributed by atoms with Gasteiger partial charge in [-0.15, -0.1) is 0 Å². The molecule has 0 aromatic heterocycles. The van der Waals surface area contributed by atoms with E-state index in [2.05, 4.69) is 5.32 Å². The van der Waals surface area contributed by atoms with Gasteiger partial charge in [0.15, 0.2) is 0 Å². The number of hydrogen-bond acceptors (Lipinski definition) is 2. The lowest BCUT2D eigenvalue weighted by Crippen LogP contribution is -2.05. The molecule has 0 unspecified atom stereocenters. The predicted molar refractivity (Wildman–Crippen MR) is 70.6 cm³/mol. The molecule has 0 saturated heterocycles. The van der Waals surface area contributed by atoms with E-state index in [0.717, 1.165) is 17.7 Å². The SMILES string of the molecule is Cc1ccc(C#N)c(Nc2cccc(C(F)(F)F)c2)c1. The summed E-state index contributed by atoms with van der Waals surface area (Å²) in [4.78, 5) is 0. The van der Waals surface area contributed by atoms with E-state index < -0.39 is 11.7 Å². The van der Waals surface area contributed by atoms with Crippen molar-refractivity contribution in [2.45, 2.75) is 13.1 Å². The first kappa shape index (κ1) is 13.9. The minimum Gasteiger partial charge on any atom is -0.354 e. The third-order valence-corrected chi connectivity index (χ3v) is 2.76. The van der Waals surface area contributed by atoms with Crippen LogP contribution in [0.3, 0.4) is 0 Å². The molecule has 0 radical (unpaired) electrons. The highest BCUT2D eigenvalue weighted by atomic mass is 19.4. The average Bonchev–Trinajstić information content (AvgIpc) is 2.38. The third-order valence-electron chi connectivity index (χ3n) is 2.76. The van der Waals surface area contributed by atoms with E-state index in [1.165, 1.54) is 12.1 Å². The average molecular weight is 276 g/mol. The molecule has 2 aromatic rings. The van der Waals surface area contributed by atoms with Crippen LogP contribution in [0.25, 0.3) is 0 Å². The molecule has 0 aliphatic carbocycles.